The van der Waals surface area contributed by atoms with Crippen molar-refractivity contribution in [2.24, 2.45) is 5.92 Å². The lowest BCUT2D eigenvalue weighted by Crippen LogP contribution is -2.44. The largest absolute Gasteiger partial charge is 0.348 e. The van der Waals surface area contributed by atoms with Gasteiger partial charge >= 0.3 is 0 Å². The average Bonchev–Trinajstić information content (AvgIpc) is 3.37. The second kappa shape index (κ2) is 5.64. The molecule has 2 aliphatic rings. The maximum atomic E-state index is 12.7. The summed E-state index contributed by atoms with van der Waals surface area (Å²) < 4.78 is 0. The molecule has 1 aliphatic carbocycles. The van der Waals surface area contributed by atoms with Gasteiger partial charge in [-0.05, 0) is 37.8 Å². The number of carbonyl (C=O) groups excluding carboxylic acids is 1. The topological polar surface area (TPSA) is 82.7 Å². The fourth-order valence-electron chi connectivity index (χ4n) is 4.06. The van der Waals surface area contributed by atoms with Crippen LogP contribution in [-0.2, 0) is 0 Å². The Morgan fingerprint density at radius 1 is 1.36 bits per heavy atom. The third-order valence-corrected chi connectivity index (χ3v) is 6.33. The molecule has 3 atom stereocenters. The van der Waals surface area contributed by atoms with Crippen LogP contribution in [0.4, 0.5) is 0 Å². The van der Waals surface area contributed by atoms with Gasteiger partial charge in [-0.1, -0.05) is 6.07 Å². The normalized spacial score (nSPS) is 24.9. The van der Waals surface area contributed by atoms with Crippen molar-refractivity contribution >= 4 is 28.1 Å². The number of nitrogens with zero attached hydrogens (tertiary/aromatic N) is 2. The molecule has 3 N–H and O–H groups in total. The lowest BCUT2D eigenvalue weighted by atomic mass is 10.0. The van der Waals surface area contributed by atoms with Gasteiger partial charge in [-0.2, -0.15) is 5.10 Å². The summed E-state index contributed by atoms with van der Waals surface area (Å²) in [6.45, 7) is 3.00. The van der Waals surface area contributed by atoms with Gasteiger partial charge in [-0.15, -0.1) is 11.3 Å². The Morgan fingerprint density at radius 2 is 2.28 bits per heavy atom. The van der Waals surface area contributed by atoms with Crippen molar-refractivity contribution in [1.29, 1.82) is 0 Å². The van der Waals surface area contributed by atoms with Gasteiger partial charge in [0.25, 0.3) is 5.91 Å². The second-order valence-corrected chi connectivity index (χ2v) is 7.90. The van der Waals surface area contributed by atoms with Crippen molar-refractivity contribution in [3.63, 3.8) is 0 Å². The van der Waals surface area contributed by atoms with E-state index in [2.05, 4.69) is 25.8 Å². The van der Waals surface area contributed by atoms with E-state index in [4.69, 9.17) is 0 Å². The summed E-state index contributed by atoms with van der Waals surface area (Å²) in [5.74, 6) is 0.473. The van der Waals surface area contributed by atoms with E-state index < -0.39 is 0 Å². The van der Waals surface area contributed by atoms with Crippen molar-refractivity contribution in [2.45, 2.75) is 31.8 Å². The van der Waals surface area contributed by atoms with Gasteiger partial charge in [0.15, 0.2) is 5.69 Å². The van der Waals surface area contributed by atoms with Crippen LogP contribution in [0.1, 0.15) is 29.0 Å². The van der Waals surface area contributed by atoms with Crippen LogP contribution in [0.25, 0.3) is 21.5 Å². The molecule has 0 radical (unpaired) electrons. The summed E-state index contributed by atoms with van der Waals surface area (Å²) in [4.78, 5) is 17.2. The number of fused-ring (bicyclic) bond motifs is 3. The number of rotatable bonds is 3. The van der Waals surface area contributed by atoms with E-state index in [0.29, 0.717) is 17.7 Å². The van der Waals surface area contributed by atoms with E-state index in [9.17, 15) is 4.79 Å². The molecule has 128 valence electrons. The van der Waals surface area contributed by atoms with Gasteiger partial charge in [0.05, 0.1) is 5.52 Å². The summed E-state index contributed by atoms with van der Waals surface area (Å²) in [6, 6.07) is 6.81. The molecule has 1 aliphatic heterocycles. The van der Waals surface area contributed by atoms with Crippen LogP contribution in [-0.4, -0.2) is 39.7 Å². The number of benzene rings is 1. The number of aromatic amines is 1. The zero-order valence-corrected chi connectivity index (χ0v) is 14.7. The van der Waals surface area contributed by atoms with Crippen LogP contribution in [0.2, 0.25) is 0 Å². The SMILES string of the molecule is Cc1csc(-c2ccc3c(C(=O)N[C@@H]4C[C@@H]5C[C@H]4CN5)n[nH]c3c2)n1. The molecule has 1 aromatic carbocycles. The Morgan fingerprint density at radius 3 is 3.00 bits per heavy atom. The van der Waals surface area contributed by atoms with E-state index in [1.54, 1.807) is 11.3 Å². The fraction of sp³-hybridized carbons (Fsp3) is 0.389. The number of nitrogens with one attached hydrogen (secondary N) is 3. The zero-order valence-electron chi connectivity index (χ0n) is 13.9. The summed E-state index contributed by atoms with van der Waals surface area (Å²) >= 11 is 1.62. The van der Waals surface area contributed by atoms with Crippen LogP contribution < -0.4 is 10.6 Å². The van der Waals surface area contributed by atoms with Crippen molar-refractivity contribution in [3.05, 3.63) is 35.0 Å². The zero-order chi connectivity index (χ0) is 17.0. The first-order chi connectivity index (χ1) is 12.2. The Hall–Kier alpha value is -2.25. The van der Waals surface area contributed by atoms with Crippen molar-refractivity contribution in [1.82, 2.24) is 25.8 Å². The molecule has 6 nitrogen and oxygen atoms in total. The summed E-state index contributed by atoms with van der Waals surface area (Å²) in [7, 11) is 0. The molecule has 7 heteroatoms. The number of carbonyl (C=O) groups is 1. The first kappa shape index (κ1) is 15.0. The van der Waals surface area contributed by atoms with Crippen molar-refractivity contribution in [2.75, 3.05) is 6.54 Å². The highest BCUT2D eigenvalue weighted by Crippen LogP contribution is 2.32. The van der Waals surface area contributed by atoms with Gasteiger partial charge < -0.3 is 10.6 Å². The third-order valence-electron chi connectivity index (χ3n) is 5.32. The van der Waals surface area contributed by atoms with Crippen LogP contribution >= 0.6 is 11.3 Å². The van der Waals surface area contributed by atoms with Crippen molar-refractivity contribution in [3.8, 4) is 10.6 Å². The lowest BCUT2D eigenvalue weighted by molar-refractivity contribution is 0.0921. The van der Waals surface area contributed by atoms with E-state index in [-0.39, 0.29) is 11.9 Å². The summed E-state index contributed by atoms with van der Waals surface area (Å²) in [5.41, 5.74) is 3.41. The van der Waals surface area contributed by atoms with Gasteiger partial charge in [0.2, 0.25) is 0 Å². The van der Waals surface area contributed by atoms with Gasteiger partial charge in [0, 0.05) is 40.7 Å². The van der Waals surface area contributed by atoms with E-state index >= 15 is 0 Å². The number of thiazole rings is 1. The van der Waals surface area contributed by atoms with E-state index in [0.717, 1.165) is 40.1 Å². The Balaban J connectivity index is 1.41. The smallest absolute Gasteiger partial charge is 0.272 e. The minimum Gasteiger partial charge on any atom is -0.348 e. The van der Waals surface area contributed by atoms with Crippen molar-refractivity contribution < 1.29 is 4.79 Å². The minimum absolute atomic E-state index is 0.0818. The molecule has 5 rings (SSSR count). The monoisotopic (exact) mass is 353 g/mol. The van der Waals surface area contributed by atoms with Crippen LogP contribution in [0.5, 0.6) is 0 Å². The number of hydrogen-bond acceptors (Lipinski definition) is 5. The third kappa shape index (κ3) is 2.54. The highest BCUT2D eigenvalue weighted by atomic mass is 32.1. The maximum Gasteiger partial charge on any atom is 0.272 e. The molecule has 3 heterocycles. The molecule has 0 spiro atoms. The standard InChI is InChI=1S/C18H19N5OS/c1-9-8-25-18(20-9)10-2-3-13-15(5-10)22-23-16(13)17(24)21-14-6-12-4-11(14)7-19-12/h2-3,5,8,11-12,14,19H,4,6-7H2,1H3,(H,21,24)(H,22,23)/t11-,12-,14+/m0/s1. The minimum atomic E-state index is -0.0818. The first-order valence-corrected chi connectivity index (χ1v) is 9.50. The molecule has 2 bridgehead atoms. The van der Waals surface area contributed by atoms with Gasteiger partial charge in [-0.25, -0.2) is 4.98 Å². The molecule has 25 heavy (non-hydrogen) atoms. The predicted octanol–water partition coefficient (Wildman–Crippen LogP) is 2.48. The molecule has 2 fully saturated rings. The number of piperidine rings is 1. The molecule has 1 amide bonds. The molecule has 0 unspecified atom stereocenters. The number of hydrogen-bond donors (Lipinski definition) is 3. The average molecular weight is 353 g/mol. The molecular formula is C18H19N5OS. The summed E-state index contributed by atoms with van der Waals surface area (Å²) in [5, 5.41) is 17.8. The van der Waals surface area contributed by atoms with Gasteiger partial charge in [-0.3, -0.25) is 9.89 Å². The molecule has 1 saturated carbocycles. The lowest BCUT2D eigenvalue weighted by Gasteiger charge is -2.23. The number of aryl methyl sites for hydroxylation is 1. The highest BCUT2D eigenvalue weighted by Gasteiger charge is 2.40. The Bertz CT molecular complexity index is 961. The van der Waals surface area contributed by atoms with E-state index in [1.807, 2.05) is 30.5 Å². The molecule has 1 saturated heterocycles. The Kier molecular flexibility index (Phi) is 3.39. The number of amides is 1. The molecule has 2 aromatic heterocycles. The van der Waals surface area contributed by atoms with Gasteiger partial charge in [0.1, 0.15) is 5.01 Å². The van der Waals surface area contributed by atoms with Crippen LogP contribution in [0.3, 0.4) is 0 Å². The predicted molar refractivity (Wildman–Crippen MR) is 97.7 cm³/mol. The second-order valence-electron chi connectivity index (χ2n) is 7.04. The molecule has 3 aromatic rings. The maximum absolute atomic E-state index is 12.7. The number of H-pyrrole nitrogens is 1. The fourth-order valence-corrected chi connectivity index (χ4v) is 4.86. The van der Waals surface area contributed by atoms with E-state index in [1.165, 1.54) is 6.42 Å². The highest BCUT2D eigenvalue weighted by molar-refractivity contribution is 7.13. The number of aromatic nitrogens is 3. The first-order valence-electron chi connectivity index (χ1n) is 8.62. The quantitative estimate of drug-likeness (QED) is 0.675. The van der Waals surface area contributed by atoms with Crippen LogP contribution in [0, 0.1) is 12.8 Å². The molecular weight excluding hydrogens is 334 g/mol. The Labute approximate surface area is 149 Å². The van der Waals surface area contributed by atoms with Crippen LogP contribution in [0.15, 0.2) is 23.6 Å². The summed E-state index contributed by atoms with van der Waals surface area (Å²) in [6.07, 6.45) is 2.19.